The molecule has 0 aliphatic carbocycles. The molecule has 0 saturated carbocycles. The zero-order chi connectivity index (χ0) is 23.8. The van der Waals surface area contributed by atoms with Crippen molar-refractivity contribution in [2.75, 3.05) is 19.5 Å². The minimum Gasteiger partial charge on any atom is -0.508 e. The largest absolute Gasteiger partial charge is 0.508 e. The molecule has 0 saturated heterocycles. The molecule has 33 heavy (non-hydrogen) atoms. The zero-order valence-corrected chi connectivity index (χ0v) is 19.5. The van der Waals surface area contributed by atoms with Gasteiger partial charge in [0.05, 0.1) is 18.9 Å². The van der Waals surface area contributed by atoms with E-state index < -0.39 is 6.09 Å². The predicted molar refractivity (Wildman–Crippen MR) is 128 cm³/mol. The SMILES string of the molecule is CCOC(=O)N=C(SC)C(=Nc1ccc(-c2noc(C)n2)cc1)c1cc(O)cc(OCC)c1. The number of aliphatic imine (C=N–C) groups is 2. The Bertz CT molecular complexity index is 1170. The van der Waals surface area contributed by atoms with Gasteiger partial charge in [-0.25, -0.2) is 9.79 Å². The smallest absolute Gasteiger partial charge is 0.434 e. The van der Waals surface area contributed by atoms with E-state index in [-0.39, 0.29) is 12.4 Å². The van der Waals surface area contributed by atoms with Gasteiger partial charge in [-0.2, -0.15) is 9.98 Å². The van der Waals surface area contributed by atoms with E-state index in [1.54, 1.807) is 38.3 Å². The number of hydrogen-bond acceptors (Lipinski definition) is 9. The molecule has 172 valence electrons. The third-order valence-electron chi connectivity index (χ3n) is 4.23. The number of nitrogens with zero attached hydrogens (tertiary/aromatic N) is 4. The van der Waals surface area contributed by atoms with Crippen molar-refractivity contribution in [3.8, 4) is 22.9 Å². The number of benzene rings is 2. The highest BCUT2D eigenvalue weighted by atomic mass is 32.2. The number of amides is 1. The molecular formula is C23H24N4O5S. The van der Waals surface area contributed by atoms with Gasteiger partial charge in [0.15, 0.2) is 0 Å². The van der Waals surface area contributed by atoms with Crippen LogP contribution in [0.25, 0.3) is 11.4 Å². The normalized spacial score (nSPS) is 12.0. The van der Waals surface area contributed by atoms with Gasteiger partial charge in [0, 0.05) is 24.1 Å². The number of aromatic hydroxyl groups is 1. The average molecular weight is 469 g/mol. The molecule has 3 rings (SSSR count). The summed E-state index contributed by atoms with van der Waals surface area (Å²) in [6, 6.07) is 12.0. The summed E-state index contributed by atoms with van der Waals surface area (Å²) in [5.74, 6) is 1.43. The second kappa shape index (κ2) is 11.3. The number of phenols is 1. The van der Waals surface area contributed by atoms with Crippen LogP contribution in [0.2, 0.25) is 0 Å². The lowest BCUT2D eigenvalue weighted by molar-refractivity contribution is 0.163. The first kappa shape index (κ1) is 24.0. The maximum atomic E-state index is 12.1. The minimum atomic E-state index is -0.720. The molecular weight excluding hydrogens is 444 g/mol. The summed E-state index contributed by atoms with van der Waals surface area (Å²) in [5, 5.41) is 14.5. The fourth-order valence-corrected chi connectivity index (χ4v) is 3.39. The number of thioether (sulfide) groups is 1. The molecule has 0 radical (unpaired) electrons. The van der Waals surface area contributed by atoms with Gasteiger partial charge in [0.2, 0.25) is 11.7 Å². The van der Waals surface area contributed by atoms with Gasteiger partial charge < -0.3 is 19.1 Å². The van der Waals surface area contributed by atoms with Crippen molar-refractivity contribution in [3.63, 3.8) is 0 Å². The summed E-state index contributed by atoms with van der Waals surface area (Å²) in [5.41, 5.74) is 2.29. The number of carbonyl (C=O) groups excluding carboxylic acids is 1. The first-order valence-corrected chi connectivity index (χ1v) is 11.4. The molecule has 1 heterocycles. The number of rotatable bonds is 7. The molecule has 1 aromatic heterocycles. The molecule has 0 aliphatic heterocycles. The Kier molecular flexibility index (Phi) is 8.20. The molecule has 3 aromatic rings. The first-order chi connectivity index (χ1) is 15.9. The number of ether oxygens (including phenoxy) is 2. The standard InChI is InChI=1S/C23H24N4O5S/c1-5-30-19-12-16(11-18(28)13-19)20(22(33-4)26-23(29)31-6-2)25-17-9-7-15(8-10-17)21-24-14(3)32-27-21/h7-13,28H,5-6H2,1-4H3. The molecule has 0 aliphatic rings. The van der Waals surface area contributed by atoms with Crippen LogP contribution in [-0.4, -0.2) is 51.6 Å². The Labute approximate surface area is 195 Å². The van der Waals surface area contributed by atoms with Crippen molar-refractivity contribution in [1.29, 1.82) is 0 Å². The van der Waals surface area contributed by atoms with Crippen LogP contribution in [0.4, 0.5) is 10.5 Å². The fourth-order valence-electron chi connectivity index (χ4n) is 2.87. The zero-order valence-electron chi connectivity index (χ0n) is 18.7. The number of aromatic nitrogens is 2. The second-order valence-electron chi connectivity index (χ2n) is 6.61. The maximum absolute atomic E-state index is 12.1. The molecule has 9 nitrogen and oxygen atoms in total. The van der Waals surface area contributed by atoms with Crippen molar-refractivity contribution in [2.45, 2.75) is 20.8 Å². The highest BCUT2D eigenvalue weighted by Crippen LogP contribution is 2.27. The van der Waals surface area contributed by atoms with Crippen LogP contribution < -0.4 is 4.74 Å². The van der Waals surface area contributed by atoms with Gasteiger partial charge in [-0.05, 0) is 56.5 Å². The number of carbonyl (C=O) groups is 1. The molecule has 0 fully saturated rings. The number of aryl methyl sites for hydroxylation is 1. The molecule has 10 heteroatoms. The highest BCUT2D eigenvalue weighted by Gasteiger charge is 2.17. The van der Waals surface area contributed by atoms with E-state index >= 15 is 0 Å². The van der Waals surface area contributed by atoms with E-state index in [4.69, 9.17) is 19.0 Å². The summed E-state index contributed by atoms with van der Waals surface area (Å²) >= 11 is 1.24. The summed E-state index contributed by atoms with van der Waals surface area (Å²) in [4.78, 5) is 25.1. The van der Waals surface area contributed by atoms with Gasteiger partial charge in [0.1, 0.15) is 22.3 Å². The molecule has 0 spiro atoms. The van der Waals surface area contributed by atoms with E-state index in [9.17, 15) is 9.90 Å². The summed E-state index contributed by atoms with van der Waals surface area (Å²) in [7, 11) is 0. The van der Waals surface area contributed by atoms with Gasteiger partial charge in [-0.15, -0.1) is 11.8 Å². The number of hydrogen-bond donors (Lipinski definition) is 1. The van der Waals surface area contributed by atoms with Crippen molar-refractivity contribution in [1.82, 2.24) is 10.1 Å². The van der Waals surface area contributed by atoms with Crippen LogP contribution in [0.3, 0.4) is 0 Å². The van der Waals surface area contributed by atoms with Gasteiger partial charge in [0.25, 0.3) is 0 Å². The first-order valence-electron chi connectivity index (χ1n) is 10.2. The van der Waals surface area contributed by atoms with E-state index in [1.807, 2.05) is 19.1 Å². The van der Waals surface area contributed by atoms with E-state index in [2.05, 4.69) is 15.1 Å². The summed E-state index contributed by atoms with van der Waals surface area (Å²) in [6.45, 7) is 5.91. The Hall–Kier alpha value is -3.66. The summed E-state index contributed by atoms with van der Waals surface area (Å²) in [6.07, 6.45) is 1.06. The van der Waals surface area contributed by atoms with Crippen LogP contribution in [0.5, 0.6) is 11.5 Å². The third kappa shape index (κ3) is 6.42. The predicted octanol–water partition coefficient (Wildman–Crippen LogP) is 5.19. The Balaban J connectivity index is 2.08. The van der Waals surface area contributed by atoms with Gasteiger partial charge in [-0.1, -0.05) is 5.16 Å². The Morgan fingerprint density at radius 3 is 2.52 bits per heavy atom. The quantitative estimate of drug-likeness (QED) is 0.372. The van der Waals surface area contributed by atoms with Crippen LogP contribution in [0, 0.1) is 6.92 Å². The number of phenolic OH excluding ortho intramolecular Hbond substituents is 1. The molecule has 0 bridgehead atoms. The molecule has 0 unspecified atom stereocenters. The summed E-state index contributed by atoms with van der Waals surface area (Å²) < 4.78 is 15.6. The Morgan fingerprint density at radius 2 is 1.91 bits per heavy atom. The van der Waals surface area contributed by atoms with Gasteiger partial charge >= 0.3 is 6.09 Å². The molecule has 0 atom stereocenters. The lowest BCUT2D eigenvalue weighted by Gasteiger charge is -2.12. The lowest BCUT2D eigenvalue weighted by Crippen LogP contribution is -2.15. The van der Waals surface area contributed by atoms with E-state index in [1.165, 1.54) is 23.9 Å². The highest BCUT2D eigenvalue weighted by molar-refractivity contribution is 8.15. The third-order valence-corrected chi connectivity index (χ3v) is 4.90. The lowest BCUT2D eigenvalue weighted by atomic mass is 10.1. The van der Waals surface area contributed by atoms with Crippen LogP contribution in [-0.2, 0) is 4.74 Å². The van der Waals surface area contributed by atoms with Crippen LogP contribution in [0.15, 0.2) is 57.0 Å². The van der Waals surface area contributed by atoms with Crippen LogP contribution >= 0.6 is 11.8 Å². The topological polar surface area (TPSA) is 119 Å². The second-order valence-corrected chi connectivity index (χ2v) is 7.41. The molecule has 2 aromatic carbocycles. The molecule has 1 amide bonds. The minimum absolute atomic E-state index is 0.00284. The Morgan fingerprint density at radius 1 is 1.15 bits per heavy atom. The fraction of sp³-hybridized carbons (Fsp3) is 0.261. The average Bonchev–Trinajstić information content (AvgIpc) is 3.23. The maximum Gasteiger partial charge on any atom is 0.434 e. The van der Waals surface area contributed by atoms with Crippen molar-refractivity contribution in [2.24, 2.45) is 9.98 Å². The molecule has 1 N–H and O–H groups in total. The van der Waals surface area contributed by atoms with E-state index in [0.29, 0.717) is 46.1 Å². The monoisotopic (exact) mass is 468 g/mol. The van der Waals surface area contributed by atoms with Crippen molar-refractivity contribution < 1.29 is 23.9 Å². The van der Waals surface area contributed by atoms with Gasteiger partial charge in [-0.3, -0.25) is 0 Å². The van der Waals surface area contributed by atoms with E-state index in [0.717, 1.165) is 5.56 Å². The van der Waals surface area contributed by atoms with Crippen LogP contribution in [0.1, 0.15) is 25.3 Å². The van der Waals surface area contributed by atoms with Crippen molar-refractivity contribution in [3.05, 3.63) is 53.9 Å². The van der Waals surface area contributed by atoms with Crippen molar-refractivity contribution >= 4 is 34.3 Å².